The van der Waals surface area contributed by atoms with Crippen LogP contribution in [0.1, 0.15) is 32.1 Å². The summed E-state index contributed by atoms with van der Waals surface area (Å²) in [7, 11) is 0. The quantitative estimate of drug-likeness (QED) is 0.368. The number of aromatic amines is 1. The smallest absolute Gasteiger partial charge is 0.408 e. The van der Waals surface area contributed by atoms with Gasteiger partial charge in [0.05, 0.1) is 11.7 Å². The van der Waals surface area contributed by atoms with E-state index < -0.39 is 11.7 Å². The Morgan fingerprint density at radius 2 is 1.73 bits per heavy atom. The van der Waals surface area contributed by atoms with Crippen LogP contribution in [0.3, 0.4) is 0 Å². The van der Waals surface area contributed by atoms with Crippen LogP contribution in [0.2, 0.25) is 0 Å². The van der Waals surface area contributed by atoms with Gasteiger partial charge in [0, 0.05) is 25.2 Å². The minimum atomic E-state index is -0.539. The lowest BCUT2D eigenvalue weighted by molar-refractivity contribution is 0.0942. The van der Waals surface area contributed by atoms with E-state index in [0.29, 0.717) is 23.3 Å². The second-order valence-corrected chi connectivity index (χ2v) is 7.32. The molecule has 164 valence electrons. The van der Waals surface area contributed by atoms with E-state index in [-0.39, 0.29) is 23.8 Å². The summed E-state index contributed by atoms with van der Waals surface area (Å²) < 4.78 is 6.37. The fraction of sp³-hybridized carbons (Fsp3) is 0.0870. The highest BCUT2D eigenvalue weighted by molar-refractivity contribution is 5.98. The summed E-state index contributed by atoms with van der Waals surface area (Å²) in [6, 6.07) is 17.7. The Morgan fingerprint density at radius 1 is 0.939 bits per heavy atom. The molecule has 10 nitrogen and oxygen atoms in total. The normalized spacial score (nSPS) is 11.0. The van der Waals surface area contributed by atoms with Gasteiger partial charge in [-0.1, -0.05) is 36.4 Å². The fourth-order valence-corrected chi connectivity index (χ4v) is 3.44. The van der Waals surface area contributed by atoms with Crippen molar-refractivity contribution in [3.05, 3.63) is 99.9 Å². The van der Waals surface area contributed by atoms with Crippen molar-refractivity contribution in [1.29, 1.82) is 0 Å². The number of amides is 2. The Labute approximate surface area is 186 Å². The van der Waals surface area contributed by atoms with Gasteiger partial charge in [-0.25, -0.2) is 14.3 Å². The van der Waals surface area contributed by atoms with E-state index in [2.05, 4.69) is 25.7 Å². The molecule has 0 atom stereocenters. The zero-order valence-corrected chi connectivity index (χ0v) is 17.2. The van der Waals surface area contributed by atoms with Crippen molar-refractivity contribution in [1.82, 2.24) is 30.2 Å². The summed E-state index contributed by atoms with van der Waals surface area (Å²) in [4.78, 5) is 43.8. The number of benzene rings is 2. The number of nitrogens with zero attached hydrogens (tertiary/aromatic N) is 3. The molecule has 3 heterocycles. The number of rotatable bonds is 6. The maximum Gasteiger partial charge on any atom is 0.417 e. The van der Waals surface area contributed by atoms with E-state index >= 15 is 0 Å². The Kier molecular flexibility index (Phi) is 5.15. The monoisotopic (exact) mass is 442 g/mol. The molecular formula is C23H18N6O4. The van der Waals surface area contributed by atoms with Crippen LogP contribution < -0.4 is 16.4 Å². The molecule has 10 heteroatoms. The van der Waals surface area contributed by atoms with Crippen LogP contribution in [0.15, 0.2) is 76.1 Å². The molecule has 2 aromatic carbocycles. The van der Waals surface area contributed by atoms with Crippen molar-refractivity contribution in [2.24, 2.45) is 0 Å². The summed E-state index contributed by atoms with van der Waals surface area (Å²) in [6.45, 7) is 0.536. The first-order valence-electron chi connectivity index (χ1n) is 10.1. The second-order valence-electron chi connectivity index (χ2n) is 7.32. The number of nitrogens with one attached hydrogen (secondary N) is 3. The maximum absolute atomic E-state index is 12.8. The summed E-state index contributed by atoms with van der Waals surface area (Å²) >= 11 is 0. The number of fused-ring (bicyclic) bond motifs is 2. The third-order valence-electron chi connectivity index (χ3n) is 5.06. The van der Waals surface area contributed by atoms with Gasteiger partial charge in [-0.2, -0.15) is 5.10 Å². The first-order chi connectivity index (χ1) is 16.1. The fourth-order valence-electron chi connectivity index (χ4n) is 3.44. The largest absolute Gasteiger partial charge is 0.417 e. The third-order valence-corrected chi connectivity index (χ3v) is 5.06. The lowest BCUT2D eigenvalue weighted by Gasteiger charge is -2.10. The minimum Gasteiger partial charge on any atom is -0.408 e. The summed E-state index contributed by atoms with van der Waals surface area (Å²) in [6.07, 6.45) is 1.51. The summed E-state index contributed by atoms with van der Waals surface area (Å²) in [5, 5.41) is 9.77. The molecule has 0 aliphatic carbocycles. The van der Waals surface area contributed by atoms with Gasteiger partial charge >= 0.3 is 5.76 Å². The van der Waals surface area contributed by atoms with Gasteiger partial charge in [0.2, 0.25) is 0 Å². The predicted octanol–water partition coefficient (Wildman–Crippen LogP) is 2.02. The predicted molar refractivity (Wildman–Crippen MR) is 119 cm³/mol. The van der Waals surface area contributed by atoms with E-state index in [1.807, 2.05) is 30.3 Å². The molecule has 0 aliphatic heterocycles. The van der Waals surface area contributed by atoms with Crippen LogP contribution in [-0.4, -0.2) is 31.4 Å². The minimum absolute atomic E-state index is 0.0886. The number of oxazole rings is 1. The second kappa shape index (κ2) is 8.42. The third kappa shape index (κ3) is 4.22. The van der Waals surface area contributed by atoms with Crippen LogP contribution in [0.25, 0.3) is 16.7 Å². The molecule has 0 aliphatic rings. The zero-order valence-electron chi connectivity index (χ0n) is 17.2. The molecule has 0 spiro atoms. The van der Waals surface area contributed by atoms with Crippen LogP contribution in [0, 0.1) is 0 Å². The molecule has 2 amide bonds. The molecule has 0 radical (unpaired) electrons. The van der Waals surface area contributed by atoms with Crippen molar-refractivity contribution >= 4 is 28.6 Å². The number of carbonyl (C=O) groups excluding carboxylic acids is 2. The van der Waals surface area contributed by atoms with E-state index in [1.54, 1.807) is 24.3 Å². The van der Waals surface area contributed by atoms with E-state index in [9.17, 15) is 14.4 Å². The van der Waals surface area contributed by atoms with Crippen LogP contribution >= 0.6 is 0 Å². The summed E-state index contributed by atoms with van der Waals surface area (Å²) in [5.41, 5.74) is 3.36. The van der Waals surface area contributed by atoms with Crippen molar-refractivity contribution in [2.75, 3.05) is 0 Å². The van der Waals surface area contributed by atoms with Crippen molar-refractivity contribution in [3.63, 3.8) is 0 Å². The molecule has 5 rings (SSSR count). The van der Waals surface area contributed by atoms with Crippen molar-refractivity contribution in [3.8, 4) is 0 Å². The lowest BCUT2D eigenvalue weighted by atomic mass is 10.2. The Hall–Kier alpha value is -4.73. The van der Waals surface area contributed by atoms with Gasteiger partial charge in [-0.3, -0.25) is 14.6 Å². The van der Waals surface area contributed by atoms with E-state index in [1.165, 1.54) is 16.8 Å². The van der Waals surface area contributed by atoms with Gasteiger partial charge in [0.1, 0.15) is 11.4 Å². The number of hydrogen-bond donors (Lipinski definition) is 3. The van der Waals surface area contributed by atoms with E-state index in [0.717, 1.165) is 11.1 Å². The van der Waals surface area contributed by atoms with Gasteiger partial charge in [0.25, 0.3) is 11.8 Å². The highest BCUT2D eigenvalue weighted by atomic mass is 16.4. The lowest BCUT2D eigenvalue weighted by Crippen LogP contribution is -2.28. The Balaban J connectivity index is 1.34. The first kappa shape index (κ1) is 20.2. The topological polar surface area (TPSA) is 134 Å². The highest BCUT2D eigenvalue weighted by Gasteiger charge is 2.17. The Morgan fingerprint density at radius 3 is 2.58 bits per heavy atom. The first-order valence-corrected chi connectivity index (χ1v) is 10.1. The molecule has 3 N–H and O–H groups in total. The SMILES string of the molecule is O=C(NCc1ccc2oc(=O)[nH]c2c1)c1cc(C(=O)NCc2ccccc2)n2nccc2n1. The number of carbonyl (C=O) groups is 2. The van der Waals surface area contributed by atoms with Crippen molar-refractivity contribution in [2.45, 2.75) is 13.1 Å². The molecule has 0 fully saturated rings. The zero-order chi connectivity index (χ0) is 22.8. The Bertz CT molecular complexity index is 1530. The molecule has 5 aromatic rings. The van der Waals surface area contributed by atoms with Gasteiger partial charge < -0.3 is 15.1 Å². The van der Waals surface area contributed by atoms with Crippen molar-refractivity contribution < 1.29 is 14.0 Å². The molecule has 0 saturated heterocycles. The molecular weight excluding hydrogens is 424 g/mol. The van der Waals surface area contributed by atoms with Gasteiger partial charge in [-0.15, -0.1) is 0 Å². The summed E-state index contributed by atoms with van der Waals surface area (Å²) in [5.74, 6) is -1.36. The van der Waals surface area contributed by atoms with E-state index in [4.69, 9.17) is 4.42 Å². The molecule has 0 saturated carbocycles. The van der Waals surface area contributed by atoms with Gasteiger partial charge in [0.15, 0.2) is 11.2 Å². The average molecular weight is 442 g/mol. The molecule has 0 bridgehead atoms. The standard InChI is InChI=1S/C23H18N6O4/c30-21(24-13-15-6-7-19-16(10-15)28-23(32)33-19)17-11-18(29-20(27-17)8-9-26-29)22(31)25-12-14-4-2-1-3-5-14/h1-11H,12-13H2,(H,24,30)(H,25,31)(H,28,32). The molecule has 0 unspecified atom stereocenters. The van der Waals surface area contributed by atoms with Crippen LogP contribution in [0.5, 0.6) is 0 Å². The molecule has 33 heavy (non-hydrogen) atoms. The number of H-pyrrole nitrogens is 1. The number of hydrogen-bond acceptors (Lipinski definition) is 6. The average Bonchev–Trinajstić information content (AvgIpc) is 3.46. The highest BCUT2D eigenvalue weighted by Crippen LogP contribution is 2.13. The maximum atomic E-state index is 12.8. The van der Waals surface area contributed by atoms with Crippen LogP contribution in [-0.2, 0) is 13.1 Å². The number of aromatic nitrogens is 4. The van der Waals surface area contributed by atoms with Crippen LogP contribution in [0.4, 0.5) is 0 Å². The molecule has 3 aromatic heterocycles. The van der Waals surface area contributed by atoms with Gasteiger partial charge in [-0.05, 0) is 23.3 Å².